The summed E-state index contributed by atoms with van der Waals surface area (Å²) in [4.78, 5) is 17.3. The summed E-state index contributed by atoms with van der Waals surface area (Å²) in [6, 6.07) is 20.5. The lowest BCUT2D eigenvalue weighted by Gasteiger charge is -2.19. The summed E-state index contributed by atoms with van der Waals surface area (Å²) in [6.45, 7) is 6.41. The maximum Gasteiger partial charge on any atom is 0.256 e. The van der Waals surface area contributed by atoms with Gasteiger partial charge in [0.15, 0.2) is 5.65 Å². The molecule has 0 radical (unpaired) electrons. The van der Waals surface area contributed by atoms with Crippen molar-refractivity contribution < 1.29 is 4.79 Å². The number of nitriles is 1. The van der Waals surface area contributed by atoms with Gasteiger partial charge < -0.3 is 5.32 Å². The molecule has 0 fully saturated rings. The van der Waals surface area contributed by atoms with Crippen molar-refractivity contribution in [2.24, 2.45) is 0 Å². The molecule has 6 heteroatoms. The molecule has 0 aliphatic heterocycles. The molecule has 0 atom stereocenters. The van der Waals surface area contributed by atoms with Crippen LogP contribution < -0.4 is 5.32 Å². The molecular weight excluding hydrogens is 374 g/mol. The molecule has 0 unspecified atom stereocenters. The van der Waals surface area contributed by atoms with E-state index in [1.54, 1.807) is 35.0 Å². The maximum atomic E-state index is 12.8. The first-order valence-electron chi connectivity index (χ1n) is 9.62. The second kappa shape index (κ2) is 7.45. The number of rotatable bonds is 3. The molecule has 2 aromatic carbocycles. The van der Waals surface area contributed by atoms with Gasteiger partial charge in [-0.1, -0.05) is 45.0 Å². The smallest absolute Gasteiger partial charge is 0.256 e. The summed E-state index contributed by atoms with van der Waals surface area (Å²) >= 11 is 0. The van der Waals surface area contributed by atoms with Crippen molar-refractivity contribution in [1.29, 1.82) is 5.26 Å². The minimum Gasteiger partial charge on any atom is -0.306 e. The van der Waals surface area contributed by atoms with Crippen LogP contribution >= 0.6 is 0 Å². The summed E-state index contributed by atoms with van der Waals surface area (Å²) < 4.78 is 1.70. The van der Waals surface area contributed by atoms with E-state index in [0.717, 1.165) is 11.3 Å². The molecule has 2 aromatic heterocycles. The van der Waals surface area contributed by atoms with Crippen LogP contribution in [0.2, 0.25) is 0 Å². The largest absolute Gasteiger partial charge is 0.306 e. The Morgan fingerprint density at radius 2 is 1.73 bits per heavy atom. The Labute approximate surface area is 174 Å². The van der Waals surface area contributed by atoms with Gasteiger partial charge in [0.05, 0.1) is 23.5 Å². The number of amides is 1. The lowest BCUT2D eigenvalue weighted by molar-refractivity contribution is 0.102. The summed E-state index contributed by atoms with van der Waals surface area (Å²) in [5, 5.41) is 16.2. The van der Waals surface area contributed by atoms with Crippen molar-refractivity contribution >= 4 is 17.4 Å². The zero-order chi connectivity index (χ0) is 21.3. The summed E-state index contributed by atoms with van der Waals surface area (Å²) in [6.07, 6.45) is 1.66. The van der Waals surface area contributed by atoms with Gasteiger partial charge in [0, 0.05) is 23.3 Å². The molecule has 6 nitrogen and oxygen atoms in total. The topological polar surface area (TPSA) is 83.1 Å². The van der Waals surface area contributed by atoms with E-state index >= 15 is 0 Å². The number of benzene rings is 2. The van der Waals surface area contributed by atoms with Gasteiger partial charge in [-0.05, 0) is 35.2 Å². The molecule has 0 spiro atoms. The molecule has 0 aliphatic rings. The molecule has 4 aromatic rings. The highest BCUT2D eigenvalue weighted by molar-refractivity contribution is 6.04. The van der Waals surface area contributed by atoms with Crippen LogP contribution in [-0.4, -0.2) is 20.5 Å². The molecule has 0 aliphatic carbocycles. The fourth-order valence-corrected chi connectivity index (χ4v) is 3.21. The van der Waals surface area contributed by atoms with Gasteiger partial charge in [0.25, 0.3) is 5.91 Å². The lowest BCUT2D eigenvalue weighted by atomic mass is 9.87. The third-order valence-corrected chi connectivity index (χ3v) is 4.92. The fraction of sp³-hybridized carbons (Fsp3) is 0.167. The van der Waals surface area contributed by atoms with Crippen LogP contribution in [0.5, 0.6) is 0 Å². The number of carbonyl (C=O) groups is 1. The molecule has 30 heavy (non-hydrogen) atoms. The highest BCUT2D eigenvalue weighted by atomic mass is 16.1. The number of hydrogen-bond acceptors (Lipinski definition) is 4. The second-order valence-electron chi connectivity index (χ2n) is 8.10. The highest BCUT2D eigenvalue weighted by Crippen LogP contribution is 2.25. The van der Waals surface area contributed by atoms with Crippen LogP contribution in [0, 0.1) is 11.3 Å². The Balaban J connectivity index is 1.66. The van der Waals surface area contributed by atoms with E-state index in [4.69, 9.17) is 5.26 Å². The van der Waals surface area contributed by atoms with Crippen LogP contribution in [-0.2, 0) is 5.41 Å². The van der Waals surface area contributed by atoms with Crippen molar-refractivity contribution in [2.75, 3.05) is 5.32 Å². The SMILES string of the molecule is CC(C)(C)c1ccc(C(=O)Nc2cc(-c3ccc(C#N)cc3)n3nccc3n2)cc1. The van der Waals surface area contributed by atoms with E-state index in [1.807, 2.05) is 36.4 Å². The van der Waals surface area contributed by atoms with Crippen LogP contribution in [0.15, 0.2) is 66.9 Å². The molecule has 0 saturated carbocycles. The third-order valence-electron chi connectivity index (χ3n) is 4.92. The first-order chi connectivity index (χ1) is 14.3. The monoisotopic (exact) mass is 395 g/mol. The van der Waals surface area contributed by atoms with Crippen LogP contribution in [0.3, 0.4) is 0 Å². The summed E-state index contributed by atoms with van der Waals surface area (Å²) in [5.74, 6) is 0.213. The molecular formula is C24H21N5O. The number of fused-ring (bicyclic) bond motifs is 1. The van der Waals surface area contributed by atoms with Crippen molar-refractivity contribution in [3.05, 3.63) is 83.6 Å². The van der Waals surface area contributed by atoms with E-state index in [-0.39, 0.29) is 11.3 Å². The molecule has 148 valence electrons. The van der Waals surface area contributed by atoms with E-state index < -0.39 is 0 Å². The second-order valence-corrected chi connectivity index (χ2v) is 8.10. The Kier molecular flexibility index (Phi) is 4.80. The summed E-state index contributed by atoms with van der Waals surface area (Å²) in [5.41, 5.74) is 4.61. The van der Waals surface area contributed by atoms with Crippen molar-refractivity contribution in [3.8, 4) is 17.3 Å². The third kappa shape index (κ3) is 3.78. The van der Waals surface area contributed by atoms with Gasteiger partial charge in [-0.3, -0.25) is 4.79 Å². The van der Waals surface area contributed by atoms with Crippen molar-refractivity contribution in [2.45, 2.75) is 26.2 Å². The normalized spacial score (nSPS) is 11.3. The van der Waals surface area contributed by atoms with Crippen LogP contribution in [0.25, 0.3) is 16.9 Å². The predicted molar refractivity (Wildman–Crippen MR) is 116 cm³/mol. The average molecular weight is 395 g/mol. The predicted octanol–water partition coefficient (Wildman–Crippen LogP) is 4.82. The highest BCUT2D eigenvalue weighted by Gasteiger charge is 2.15. The molecule has 2 heterocycles. The van der Waals surface area contributed by atoms with Gasteiger partial charge in [0.2, 0.25) is 0 Å². The Morgan fingerprint density at radius 3 is 2.37 bits per heavy atom. The number of anilines is 1. The molecule has 4 rings (SSSR count). The molecule has 1 N–H and O–H groups in total. The number of hydrogen-bond donors (Lipinski definition) is 1. The zero-order valence-electron chi connectivity index (χ0n) is 17.0. The minimum absolute atomic E-state index is 0.0274. The average Bonchev–Trinajstić information content (AvgIpc) is 3.21. The molecule has 0 bridgehead atoms. The first-order valence-corrected chi connectivity index (χ1v) is 9.62. The van der Waals surface area contributed by atoms with Crippen molar-refractivity contribution in [3.63, 3.8) is 0 Å². The standard InChI is InChI=1S/C24H21N5O/c1-24(2,3)19-10-8-18(9-11-19)23(30)28-21-14-20(29-22(27-21)12-13-26-29)17-6-4-16(15-25)5-7-17/h4-14H,1-3H3,(H,27,28,30). The Hall–Kier alpha value is -3.98. The number of nitrogens with zero attached hydrogens (tertiary/aromatic N) is 4. The van der Waals surface area contributed by atoms with Gasteiger partial charge in [-0.15, -0.1) is 0 Å². The number of aromatic nitrogens is 3. The zero-order valence-corrected chi connectivity index (χ0v) is 17.0. The maximum absolute atomic E-state index is 12.8. The molecule has 0 saturated heterocycles. The first kappa shape index (κ1) is 19.3. The number of nitrogens with one attached hydrogen (secondary N) is 1. The quantitative estimate of drug-likeness (QED) is 0.539. The lowest BCUT2D eigenvalue weighted by Crippen LogP contribution is -2.15. The van der Waals surface area contributed by atoms with E-state index in [0.29, 0.717) is 22.6 Å². The van der Waals surface area contributed by atoms with Gasteiger partial charge in [0.1, 0.15) is 5.82 Å². The Morgan fingerprint density at radius 1 is 1.03 bits per heavy atom. The Bertz CT molecular complexity index is 1260. The molecule has 1 amide bonds. The van der Waals surface area contributed by atoms with Crippen LogP contribution in [0.4, 0.5) is 5.82 Å². The summed E-state index contributed by atoms with van der Waals surface area (Å²) in [7, 11) is 0. The van der Waals surface area contributed by atoms with Gasteiger partial charge in [-0.25, -0.2) is 9.50 Å². The van der Waals surface area contributed by atoms with E-state index in [9.17, 15) is 4.79 Å². The minimum atomic E-state index is -0.224. The van der Waals surface area contributed by atoms with Gasteiger partial charge in [-0.2, -0.15) is 10.4 Å². The van der Waals surface area contributed by atoms with Crippen molar-refractivity contribution in [1.82, 2.24) is 14.6 Å². The van der Waals surface area contributed by atoms with E-state index in [2.05, 4.69) is 42.2 Å². The fourth-order valence-electron chi connectivity index (χ4n) is 3.21. The van der Waals surface area contributed by atoms with Gasteiger partial charge >= 0.3 is 0 Å². The van der Waals surface area contributed by atoms with Crippen LogP contribution in [0.1, 0.15) is 42.3 Å². The number of carbonyl (C=O) groups excluding carboxylic acids is 1. The van der Waals surface area contributed by atoms with E-state index in [1.165, 1.54) is 5.56 Å².